The van der Waals surface area contributed by atoms with Gasteiger partial charge in [-0.25, -0.2) is 0 Å². The number of hydrogen-bond donors (Lipinski definition) is 1. The number of nitrogens with two attached hydrogens (primary N) is 1. The summed E-state index contributed by atoms with van der Waals surface area (Å²) in [7, 11) is 6.06. The van der Waals surface area contributed by atoms with Crippen LogP contribution in [0.15, 0.2) is 0 Å². The van der Waals surface area contributed by atoms with E-state index in [1.54, 1.807) is 7.11 Å². The number of ether oxygens (including phenoxy) is 1. The highest BCUT2D eigenvalue weighted by Crippen LogP contribution is 2.14. The molecule has 0 saturated carbocycles. The maximum Gasteiger partial charge on any atom is 0.0820 e. The molecule has 0 amide bonds. The third-order valence-corrected chi connectivity index (χ3v) is 3.27. The Morgan fingerprint density at radius 2 is 2.27 bits per heavy atom. The summed E-state index contributed by atoms with van der Waals surface area (Å²) in [6.07, 6.45) is 2.78. The Morgan fingerprint density at radius 1 is 1.53 bits per heavy atom. The Bertz CT molecular complexity index is 169. The van der Waals surface area contributed by atoms with Crippen LogP contribution >= 0.6 is 0 Å². The molecular formula is C11H25N3O. The molecule has 4 heteroatoms. The quantitative estimate of drug-likeness (QED) is 0.700. The SMILES string of the molecule is COC(CN)CN1CCCC(N(C)C)C1. The molecule has 1 heterocycles. The summed E-state index contributed by atoms with van der Waals surface area (Å²) in [4.78, 5) is 4.78. The zero-order chi connectivity index (χ0) is 11.3. The second-order valence-electron chi connectivity index (χ2n) is 4.61. The van der Waals surface area contributed by atoms with Gasteiger partial charge >= 0.3 is 0 Å². The smallest absolute Gasteiger partial charge is 0.0820 e. The number of piperidine rings is 1. The van der Waals surface area contributed by atoms with Crippen LogP contribution in [0.25, 0.3) is 0 Å². The number of methoxy groups -OCH3 is 1. The zero-order valence-electron chi connectivity index (χ0n) is 10.3. The third kappa shape index (κ3) is 4.07. The van der Waals surface area contributed by atoms with E-state index in [1.807, 2.05) is 0 Å². The predicted octanol–water partition coefficient (Wildman–Crippen LogP) is -0.0139. The fourth-order valence-electron chi connectivity index (χ4n) is 2.15. The fourth-order valence-corrected chi connectivity index (χ4v) is 2.15. The molecule has 0 aromatic rings. The van der Waals surface area contributed by atoms with Crippen LogP contribution in [0.1, 0.15) is 12.8 Å². The van der Waals surface area contributed by atoms with E-state index in [0.29, 0.717) is 12.6 Å². The van der Waals surface area contributed by atoms with Crippen LogP contribution in [0.2, 0.25) is 0 Å². The van der Waals surface area contributed by atoms with Crippen molar-refractivity contribution >= 4 is 0 Å². The van der Waals surface area contributed by atoms with Crippen LogP contribution in [0.4, 0.5) is 0 Å². The average molecular weight is 215 g/mol. The summed E-state index contributed by atoms with van der Waals surface area (Å²) < 4.78 is 5.32. The van der Waals surface area contributed by atoms with Gasteiger partial charge < -0.3 is 15.4 Å². The first kappa shape index (κ1) is 12.9. The Morgan fingerprint density at radius 3 is 2.80 bits per heavy atom. The molecule has 2 atom stereocenters. The number of nitrogens with zero attached hydrogens (tertiary/aromatic N) is 2. The van der Waals surface area contributed by atoms with Crippen molar-refractivity contribution in [3.8, 4) is 0 Å². The first-order chi connectivity index (χ1) is 7.17. The van der Waals surface area contributed by atoms with Crippen LogP contribution in [-0.2, 0) is 4.74 Å². The molecule has 0 radical (unpaired) electrons. The standard InChI is InChI=1S/C11H25N3O/c1-13(2)10-5-4-6-14(8-10)9-11(7-12)15-3/h10-11H,4-9,12H2,1-3H3. The molecule has 0 aromatic heterocycles. The van der Waals surface area contributed by atoms with E-state index in [-0.39, 0.29) is 6.10 Å². The van der Waals surface area contributed by atoms with Crippen LogP contribution in [0.5, 0.6) is 0 Å². The van der Waals surface area contributed by atoms with E-state index < -0.39 is 0 Å². The van der Waals surface area contributed by atoms with Crippen molar-refractivity contribution in [3.63, 3.8) is 0 Å². The summed E-state index contributed by atoms with van der Waals surface area (Å²) in [6, 6.07) is 0.689. The monoisotopic (exact) mass is 215 g/mol. The summed E-state index contributed by atoms with van der Waals surface area (Å²) in [5.41, 5.74) is 5.63. The van der Waals surface area contributed by atoms with Gasteiger partial charge in [0.15, 0.2) is 0 Å². The highest BCUT2D eigenvalue weighted by molar-refractivity contribution is 4.79. The van der Waals surface area contributed by atoms with Crippen molar-refractivity contribution in [2.24, 2.45) is 5.73 Å². The van der Waals surface area contributed by atoms with Gasteiger partial charge in [0.25, 0.3) is 0 Å². The summed E-state index contributed by atoms with van der Waals surface area (Å²) in [5.74, 6) is 0. The van der Waals surface area contributed by atoms with Gasteiger partial charge in [-0.15, -0.1) is 0 Å². The summed E-state index contributed by atoms with van der Waals surface area (Å²) in [6.45, 7) is 3.91. The molecule has 4 nitrogen and oxygen atoms in total. The first-order valence-corrected chi connectivity index (χ1v) is 5.79. The normalized spacial score (nSPS) is 25.8. The van der Waals surface area contributed by atoms with Crippen molar-refractivity contribution in [1.82, 2.24) is 9.80 Å². The molecule has 90 valence electrons. The molecule has 1 fully saturated rings. The topological polar surface area (TPSA) is 41.7 Å². The molecule has 15 heavy (non-hydrogen) atoms. The molecule has 1 rings (SSSR count). The Labute approximate surface area is 93.4 Å². The first-order valence-electron chi connectivity index (χ1n) is 5.79. The second-order valence-corrected chi connectivity index (χ2v) is 4.61. The molecule has 0 aliphatic carbocycles. The minimum Gasteiger partial charge on any atom is -0.379 e. The second kappa shape index (κ2) is 6.43. The van der Waals surface area contributed by atoms with Crippen molar-refractivity contribution in [2.45, 2.75) is 25.0 Å². The Balaban J connectivity index is 2.35. The maximum absolute atomic E-state index is 5.63. The minimum atomic E-state index is 0.186. The minimum absolute atomic E-state index is 0.186. The van der Waals surface area contributed by atoms with E-state index >= 15 is 0 Å². The molecule has 2 unspecified atom stereocenters. The van der Waals surface area contributed by atoms with Crippen LogP contribution in [0.3, 0.4) is 0 Å². The largest absolute Gasteiger partial charge is 0.379 e. The Hall–Kier alpha value is -0.160. The highest BCUT2D eigenvalue weighted by Gasteiger charge is 2.22. The number of likely N-dealkylation sites (tertiary alicyclic amines) is 1. The van der Waals surface area contributed by atoms with Gasteiger partial charge in [-0.3, -0.25) is 4.90 Å². The van der Waals surface area contributed by atoms with Gasteiger partial charge in [-0.1, -0.05) is 0 Å². The number of likely N-dealkylation sites (N-methyl/N-ethyl adjacent to an activating group) is 1. The van der Waals surface area contributed by atoms with E-state index in [2.05, 4.69) is 23.9 Å². The molecule has 1 aliphatic rings. The predicted molar refractivity (Wildman–Crippen MR) is 63.0 cm³/mol. The van der Waals surface area contributed by atoms with Gasteiger partial charge in [0, 0.05) is 32.8 Å². The molecule has 0 spiro atoms. The zero-order valence-corrected chi connectivity index (χ0v) is 10.3. The molecular weight excluding hydrogens is 190 g/mol. The van der Waals surface area contributed by atoms with Gasteiger partial charge in [-0.2, -0.15) is 0 Å². The van der Waals surface area contributed by atoms with E-state index in [4.69, 9.17) is 10.5 Å². The number of hydrogen-bond acceptors (Lipinski definition) is 4. The summed E-state index contributed by atoms with van der Waals surface area (Å²) >= 11 is 0. The van der Waals surface area contributed by atoms with Gasteiger partial charge in [-0.05, 0) is 33.5 Å². The fraction of sp³-hybridized carbons (Fsp3) is 1.00. The average Bonchev–Trinajstić information content (AvgIpc) is 2.26. The lowest BCUT2D eigenvalue weighted by Crippen LogP contribution is -2.48. The lowest BCUT2D eigenvalue weighted by atomic mass is 10.0. The van der Waals surface area contributed by atoms with Gasteiger partial charge in [0.1, 0.15) is 0 Å². The van der Waals surface area contributed by atoms with Gasteiger partial charge in [0.05, 0.1) is 6.10 Å². The summed E-state index contributed by atoms with van der Waals surface area (Å²) in [5, 5.41) is 0. The molecule has 1 aliphatic heterocycles. The molecule has 2 N–H and O–H groups in total. The van der Waals surface area contributed by atoms with Crippen molar-refractivity contribution in [3.05, 3.63) is 0 Å². The van der Waals surface area contributed by atoms with E-state index in [1.165, 1.54) is 19.4 Å². The Kier molecular flexibility index (Phi) is 5.53. The molecule has 1 saturated heterocycles. The van der Waals surface area contributed by atoms with Crippen molar-refractivity contribution in [1.29, 1.82) is 0 Å². The number of rotatable bonds is 5. The van der Waals surface area contributed by atoms with Crippen LogP contribution < -0.4 is 5.73 Å². The van der Waals surface area contributed by atoms with E-state index in [9.17, 15) is 0 Å². The lowest BCUT2D eigenvalue weighted by molar-refractivity contribution is 0.0469. The van der Waals surface area contributed by atoms with Gasteiger partial charge in [0.2, 0.25) is 0 Å². The van der Waals surface area contributed by atoms with Crippen molar-refractivity contribution in [2.75, 3.05) is 47.4 Å². The molecule has 0 bridgehead atoms. The lowest BCUT2D eigenvalue weighted by Gasteiger charge is -2.37. The van der Waals surface area contributed by atoms with Crippen molar-refractivity contribution < 1.29 is 4.74 Å². The maximum atomic E-state index is 5.63. The third-order valence-electron chi connectivity index (χ3n) is 3.27. The molecule has 0 aromatic carbocycles. The van der Waals surface area contributed by atoms with E-state index in [0.717, 1.165) is 13.1 Å². The van der Waals surface area contributed by atoms with Crippen LogP contribution in [0, 0.1) is 0 Å². The highest BCUT2D eigenvalue weighted by atomic mass is 16.5. The van der Waals surface area contributed by atoms with Crippen LogP contribution in [-0.4, -0.2) is 69.3 Å².